The largest absolute Gasteiger partial charge is 0.467 e. The Balaban J connectivity index is 2.94. The Morgan fingerprint density at radius 2 is 2.00 bits per heavy atom. The number of nitrogens with zero attached hydrogens (tertiary/aromatic N) is 1. The van der Waals surface area contributed by atoms with Gasteiger partial charge in [0.1, 0.15) is 6.04 Å². The predicted molar refractivity (Wildman–Crippen MR) is 58.8 cm³/mol. The van der Waals surface area contributed by atoms with E-state index in [0.29, 0.717) is 6.07 Å². The smallest absolute Gasteiger partial charge is 0.328 e. The molecule has 0 radical (unpaired) electrons. The number of carbonyl (C=O) groups is 1. The first-order valence-electron chi connectivity index (χ1n) is 4.87. The van der Waals surface area contributed by atoms with Crippen molar-refractivity contribution in [2.45, 2.75) is 13.0 Å². The molecule has 17 heavy (non-hydrogen) atoms. The van der Waals surface area contributed by atoms with Crippen LogP contribution in [0.2, 0.25) is 0 Å². The Morgan fingerprint density at radius 3 is 2.53 bits per heavy atom. The van der Waals surface area contributed by atoms with Gasteiger partial charge in [0.2, 0.25) is 0 Å². The number of ether oxygens (including phenoxy) is 1. The number of esters is 1. The molecule has 0 aliphatic carbocycles. The van der Waals surface area contributed by atoms with E-state index in [-0.39, 0.29) is 11.6 Å². The molecule has 2 N–H and O–H groups in total. The summed E-state index contributed by atoms with van der Waals surface area (Å²) in [7, 11) is 2.67. The number of methoxy groups -OCH3 is 1. The van der Waals surface area contributed by atoms with Crippen LogP contribution in [0, 0.1) is 11.6 Å². The van der Waals surface area contributed by atoms with Crippen LogP contribution >= 0.6 is 0 Å². The molecule has 1 aromatic rings. The van der Waals surface area contributed by atoms with Crippen molar-refractivity contribution in [2.75, 3.05) is 24.8 Å². The fourth-order valence-electron chi connectivity index (χ4n) is 1.18. The van der Waals surface area contributed by atoms with Crippen LogP contribution < -0.4 is 10.6 Å². The second kappa shape index (κ2) is 5.42. The van der Waals surface area contributed by atoms with Crippen molar-refractivity contribution in [2.24, 2.45) is 0 Å². The maximum Gasteiger partial charge on any atom is 0.328 e. The maximum absolute atomic E-state index is 13.3. The van der Waals surface area contributed by atoms with Gasteiger partial charge in [-0.3, -0.25) is 0 Å². The number of hydrogen-bond acceptors (Lipinski definition) is 5. The molecule has 0 saturated carbocycles. The molecule has 0 saturated heterocycles. The van der Waals surface area contributed by atoms with Gasteiger partial charge >= 0.3 is 5.97 Å². The van der Waals surface area contributed by atoms with Gasteiger partial charge in [0.25, 0.3) is 0 Å². The monoisotopic (exact) mass is 245 g/mol. The van der Waals surface area contributed by atoms with Crippen molar-refractivity contribution in [3.63, 3.8) is 0 Å². The van der Waals surface area contributed by atoms with Gasteiger partial charge in [0.05, 0.1) is 7.11 Å². The molecule has 1 rings (SSSR count). The summed E-state index contributed by atoms with van der Waals surface area (Å²) in [5.41, 5.74) is 0. The van der Waals surface area contributed by atoms with E-state index in [4.69, 9.17) is 0 Å². The normalized spacial score (nSPS) is 11.8. The summed E-state index contributed by atoms with van der Waals surface area (Å²) in [5, 5.41) is 4.97. The highest BCUT2D eigenvalue weighted by atomic mass is 19.1. The maximum atomic E-state index is 13.3. The molecule has 7 heteroatoms. The zero-order chi connectivity index (χ0) is 13.0. The molecule has 0 aliphatic rings. The highest BCUT2D eigenvalue weighted by Crippen LogP contribution is 2.19. The first-order chi connectivity index (χ1) is 7.99. The van der Waals surface area contributed by atoms with E-state index in [0.717, 1.165) is 0 Å². The van der Waals surface area contributed by atoms with Crippen molar-refractivity contribution in [3.05, 3.63) is 17.7 Å². The van der Waals surface area contributed by atoms with Gasteiger partial charge in [-0.2, -0.15) is 0 Å². The highest BCUT2D eigenvalue weighted by Gasteiger charge is 2.17. The van der Waals surface area contributed by atoms with Crippen LogP contribution in [0.3, 0.4) is 0 Å². The Morgan fingerprint density at radius 1 is 1.41 bits per heavy atom. The molecule has 1 aromatic heterocycles. The van der Waals surface area contributed by atoms with E-state index in [1.165, 1.54) is 21.1 Å². The third-order valence-electron chi connectivity index (χ3n) is 2.07. The average Bonchev–Trinajstić information content (AvgIpc) is 2.31. The Hall–Kier alpha value is -1.92. The standard InChI is InChI=1S/C10H13F2N3O2/c1-5(10(16)17-3)14-9-7(12)4-6(11)8(13-2)15-9/h4-5H,1-3H3,(H2,13,14,15). The summed E-state index contributed by atoms with van der Waals surface area (Å²) in [6.07, 6.45) is 0. The molecule has 1 atom stereocenters. The molecule has 94 valence electrons. The minimum atomic E-state index is -0.878. The zero-order valence-electron chi connectivity index (χ0n) is 9.67. The molecule has 1 heterocycles. The number of aromatic nitrogens is 1. The number of halogens is 2. The predicted octanol–water partition coefficient (Wildman–Crippen LogP) is 1.37. The van der Waals surface area contributed by atoms with Crippen LogP contribution in [0.25, 0.3) is 0 Å². The molecule has 0 bridgehead atoms. The minimum absolute atomic E-state index is 0.106. The number of anilines is 2. The average molecular weight is 245 g/mol. The third kappa shape index (κ3) is 3.02. The third-order valence-corrected chi connectivity index (χ3v) is 2.07. The van der Waals surface area contributed by atoms with Crippen molar-refractivity contribution in [1.82, 2.24) is 4.98 Å². The quantitative estimate of drug-likeness (QED) is 0.784. The Kier molecular flexibility index (Phi) is 4.19. The first-order valence-corrected chi connectivity index (χ1v) is 4.87. The molecule has 0 aliphatic heterocycles. The number of nitrogens with one attached hydrogen (secondary N) is 2. The number of rotatable bonds is 4. The number of carbonyl (C=O) groups excluding carboxylic acids is 1. The van der Waals surface area contributed by atoms with Crippen LogP contribution in [0.5, 0.6) is 0 Å². The molecule has 5 nitrogen and oxygen atoms in total. The van der Waals surface area contributed by atoms with Gasteiger partial charge in [0, 0.05) is 13.1 Å². The molecular formula is C10H13F2N3O2. The van der Waals surface area contributed by atoms with Gasteiger partial charge in [-0.05, 0) is 6.92 Å². The van der Waals surface area contributed by atoms with Crippen LogP contribution in [0.1, 0.15) is 6.92 Å². The molecular weight excluding hydrogens is 232 g/mol. The van der Waals surface area contributed by atoms with Crippen molar-refractivity contribution < 1.29 is 18.3 Å². The zero-order valence-corrected chi connectivity index (χ0v) is 9.67. The summed E-state index contributed by atoms with van der Waals surface area (Å²) < 4.78 is 30.9. The van der Waals surface area contributed by atoms with Crippen LogP contribution in [0.4, 0.5) is 20.4 Å². The summed E-state index contributed by atoms with van der Waals surface area (Å²) in [4.78, 5) is 14.8. The lowest BCUT2D eigenvalue weighted by atomic mass is 10.3. The summed E-state index contributed by atoms with van der Waals surface area (Å²) in [5.74, 6) is -2.57. The molecule has 1 unspecified atom stereocenters. The van der Waals surface area contributed by atoms with E-state index in [1.807, 2.05) is 0 Å². The second-order valence-corrected chi connectivity index (χ2v) is 3.29. The Bertz CT molecular complexity index is 426. The molecule has 0 fully saturated rings. The number of hydrogen-bond donors (Lipinski definition) is 2. The lowest BCUT2D eigenvalue weighted by Crippen LogP contribution is -2.28. The van der Waals surface area contributed by atoms with Gasteiger partial charge in [-0.25, -0.2) is 18.6 Å². The van der Waals surface area contributed by atoms with E-state index >= 15 is 0 Å². The van der Waals surface area contributed by atoms with Gasteiger partial charge in [-0.1, -0.05) is 0 Å². The summed E-state index contributed by atoms with van der Waals surface area (Å²) in [6.45, 7) is 1.48. The lowest BCUT2D eigenvalue weighted by Gasteiger charge is -2.13. The van der Waals surface area contributed by atoms with E-state index in [9.17, 15) is 13.6 Å². The lowest BCUT2D eigenvalue weighted by molar-refractivity contribution is -0.141. The second-order valence-electron chi connectivity index (χ2n) is 3.29. The SMILES string of the molecule is CNc1nc(NC(C)C(=O)OC)c(F)cc1F. The van der Waals surface area contributed by atoms with E-state index < -0.39 is 23.6 Å². The molecule has 0 amide bonds. The topological polar surface area (TPSA) is 63.2 Å². The van der Waals surface area contributed by atoms with Gasteiger partial charge < -0.3 is 15.4 Å². The highest BCUT2D eigenvalue weighted by molar-refractivity contribution is 5.78. The van der Waals surface area contributed by atoms with E-state index in [1.54, 1.807) is 0 Å². The number of pyridine rings is 1. The van der Waals surface area contributed by atoms with Crippen LogP contribution in [-0.2, 0) is 9.53 Å². The first kappa shape index (κ1) is 13.1. The molecule has 0 spiro atoms. The van der Waals surface area contributed by atoms with E-state index in [2.05, 4.69) is 20.4 Å². The van der Waals surface area contributed by atoms with Crippen molar-refractivity contribution in [1.29, 1.82) is 0 Å². The summed E-state index contributed by atoms with van der Waals surface area (Å²) in [6, 6.07) is -0.0947. The van der Waals surface area contributed by atoms with Crippen molar-refractivity contribution in [3.8, 4) is 0 Å². The summed E-state index contributed by atoms with van der Waals surface area (Å²) >= 11 is 0. The Labute approximate surface area is 97.2 Å². The van der Waals surface area contributed by atoms with Gasteiger partial charge in [-0.15, -0.1) is 0 Å². The minimum Gasteiger partial charge on any atom is -0.467 e. The van der Waals surface area contributed by atoms with Crippen LogP contribution in [-0.4, -0.2) is 31.2 Å². The fourth-order valence-corrected chi connectivity index (χ4v) is 1.18. The fraction of sp³-hybridized carbons (Fsp3) is 0.400. The van der Waals surface area contributed by atoms with Gasteiger partial charge in [0.15, 0.2) is 23.3 Å². The molecule has 0 aromatic carbocycles. The van der Waals surface area contributed by atoms with Crippen LogP contribution in [0.15, 0.2) is 6.07 Å². The van der Waals surface area contributed by atoms with Crippen molar-refractivity contribution >= 4 is 17.6 Å².